The summed E-state index contributed by atoms with van der Waals surface area (Å²) in [7, 11) is 1.49. The van der Waals surface area contributed by atoms with E-state index in [0.717, 1.165) is 0 Å². The molecule has 1 aromatic rings. The zero-order valence-electron chi connectivity index (χ0n) is 13.0. The lowest BCUT2D eigenvalue weighted by atomic mass is 10.1. The summed E-state index contributed by atoms with van der Waals surface area (Å²) in [5.41, 5.74) is 5.98. The minimum absolute atomic E-state index is 0. The minimum atomic E-state index is -2.90. The molecule has 0 unspecified atom stereocenters. The fraction of sp³-hybridized carbons (Fsp3) is 0.500. The number of aliphatic imine (C=N–C) groups is 1. The number of hydrogen-bond donors (Lipinski definition) is 2. The number of methoxy groups -OCH3 is 1. The van der Waals surface area contributed by atoms with Crippen LogP contribution in [0.3, 0.4) is 0 Å². The fourth-order valence-electron chi connectivity index (χ4n) is 1.61. The Hall–Kier alpha value is -1.32. The number of nitrogens with zero attached hydrogens (tertiary/aromatic N) is 1. The van der Waals surface area contributed by atoms with Crippen molar-refractivity contribution in [1.82, 2.24) is 5.32 Å². The van der Waals surface area contributed by atoms with Crippen molar-refractivity contribution < 1.29 is 18.3 Å². The SMILES string of the molecule is COc1ccc(OC(F)F)c(CN=C(N)NC(C)(C)C)c1.I. The molecule has 3 N–H and O–H groups in total. The number of halogens is 3. The van der Waals surface area contributed by atoms with Gasteiger partial charge in [0.1, 0.15) is 11.5 Å². The molecule has 8 heteroatoms. The Morgan fingerprint density at radius 2 is 2.00 bits per heavy atom. The molecule has 0 bridgehead atoms. The van der Waals surface area contributed by atoms with E-state index in [1.165, 1.54) is 13.2 Å². The van der Waals surface area contributed by atoms with Crippen LogP contribution in [0.1, 0.15) is 26.3 Å². The number of ether oxygens (including phenoxy) is 2. The Bertz CT molecular complexity index is 505. The molecule has 0 atom stereocenters. The average molecular weight is 429 g/mol. The smallest absolute Gasteiger partial charge is 0.387 e. The summed E-state index contributed by atoms with van der Waals surface area (Å²) < 4.78 is 34.3. The number of hydrogen-bond acceptors (Lipinski definition) is 3. The van der Waals surface area contributed by atoms with E-state index in [2.05, 4.69) is 15.0 Å². The Labute approximate surface area is 146 Å². The Morgan fingerprint density at radius 1 is 1.36 bits per heavy atom. The van der Waals surface area contributed by atoms with Crippen molar-refractivity contribution in [3.63, 3.8) is 0 Å². The van der Waals surface area contributed by atoms with Gasteiger partial charge in [0.15, 0.2) is 5.96 Å². The molecule has 1 rings (SSSR count). The topological polar surface area (TPSA) is 68.9 Å². The first kappa shape index (κ1) is 20.7. The minimum Gasteiger partial charge on any atom is -0.497 e. The van der Waals surface area contributed by atoms with Gasteiger partial charge in [0.25, 0.3) is 0 Å². The number of alkyl halides is 2. The number of rotatable bonds is 5. The van der Waals surface area contributed by atoms with Gasteiger partial charge in [-0.1, -0.05) is 0 Å². The zero-order chi connectivity index (χ0) is 16.0. The Kier molecular flexibility index (Phi) is 8.43. The van der Waals surface area contributed by atoms with Crippen molar-refractivity contribution in [3.8, 4) is 11.5 Å². The van der Waals surface area contributed by atoms with Crippen molar-refractivity contribution in [2.75, 3.05) is 7.11 Å². The molecule has 22 heavy (non-hydrogen) atoms. The molecule has 0 aromatic heterocycles. The van der Waals surface area contributed by atoms with Crippen LogP contribution in [0, 0.1) is 0 Å². The summed E-state index contributed by atoms with van der Waals surface area (Å²) in [6.45, 7) is 3.02. The molecule has 0 spiro atoms. The first-order chi connectivity index (χ1) is 9.71. The van der Waals surface area contributed by atoms with Gasteiger partial charge in [-0.2, -0.15) is 8.78 Å². The van der Waals surface area contributed by atoms with E-state index >= 15 is 0 Å². The first-order valence-corrected chi connectivity index (χ1v) is 6.41. The second-order valence-electron chi connectivity index (χ2n) is 5.43. The van der Waals surface area contributed by atoms with Crippen molar-refractivity contribution in [2.45, 2.75) is 39.5 Å². The van der Waals surface area contributed by atoms with Crippen molar-refractivity contribution >= 4 is 29.9 Å². The lowest BCUT2D eigenvalue weighted by Crippen LogP contribution is -2.44. The highest BCUT2D eigenvalue weighted by atomic mass is 127. The molecule has 0 radical (unpaired) electrons. The quantitative estimate of drug-likeness (QED) is 0.429. The van der Waals surface area contributed by atoms with Gasteiger partial charge < -0.3 is 20.5 Å². The average Bonchev–Trinajstić information content (AvgIpc) is 2.35. The molecule has 0 fully saturated rings. The van der Waals surface area contributed by atoms with E-state index in [9.17, 15) is 8.78 Å². The normalized spacial score (nSPS) is 11.9. The standard InChI is InChI=1S/C14H21F2N3O2.HI/c1-14(2,3)19-13(17)18-8-9-7-10(20-4)5-6-11(9)21-12(15)16;/h5-7,12H,8H2,1-4H3,(H3,17,18,19);1H. The van der Waals surface area contributed by atoms with Crippen LogP contribution in [-0.4, -0.2) is 25.2 Å². The van der Waals surface area contributed by atoms with Crippen LogP contribution in [0.15, 0.2) is 23.2 Å². The number of benzene rings is 1. The summed E-state index contributed by atoms with van der Waals surface area (Å²) in [4.78, 5) is 4.13. The molecule has 0 aliphatic rings. The van der Waals surface area contributed by atoms with E-state index < -0.39 is 6.61 Å². The summed E-state index contributed by atoms with van der Waals surface area (Å²) in [5, 5.41) is 2.99. The maximum atomic E-state index is 12.4. The molecule has 126 valence electrons. The lowest BCUT2D eigenvalue weighted by molar-refractivity contribution is -0.0504. The van der Waals surface area contributed by atoms with Crippen LogP contribution in [-0.2, 0) is 6.54 Å². The first-order valence-electron chi connectivity index (χ1n) is 6.41. The van der Waals surface area contributed by atoms with Crippen LogP contribution >= 0.6 is 24.0 Å². The van der Waals surface area contributed by atoms with Gasteiger partial charge in [0.2, 0.25) is 0 Å². The summed E-state index contributed by atoms with van der Waals surface area (Å²) in [5.74, 6) is 0.815. The largest absolute Gasteiger partial charge is 0.497 e. The summed E-state index contributed by atoms with van der Waals surface area (Å²) in [6, 6.07) is 4.55. The van der Waals surface area contributed by atoms with Crippen LogP contribution in [0.2, 0.25) is 0 Å². The summed E-state index contributed by atoms with van der Waals surface area (Å²) >= 11 is 0. The van der Waals surface area contributed by atoms with Gasteiger partial charge >= 0.3 is 6.61 Å². The van der Waals surface area contributed by atoms with E-state index in [0.29, 0.717) is 11.3 Å². The third kappa shape index (κ3) is 7.62. The third-order valence-electron chi connectivity index (χ3n) is 2.41. The highest BCUT2D eigenvalue weighted by Crippen LogP contribution is 2.26. The van der Waals surface area contributed by atoms with E-state index in [1.807, 2.05) is 20.8 Å². The highest BCUT2D eigenvalue weighted by Gasteiger charge is 2.12. The van der Waals surface area contributed by atoms with E-state index in [4.69, 9.17) is 10.5 Å². The number of guanidine groups is 1. The van der Waals surface area contributed by atoms with Crippen LogP contribution in [0.25, 0.3) is 0 Å². The number of nitrogens with one attached hydrogen (secondary N) is 1. The lowest BCUT2D eigenvalue weighted by Gasteiger charge is -2.21. The molecular weight excluding hydrogens is 407 g/mol. The second-order valence-corrected chi connectivity index (χ2v) is 5.43. The van der Waals surface area contributed by atoms with E-state index in [-0.39, 0.29) is 47.8 Å². The van der Waals surface area contributed by atoms with Gasteiger partial charge in [-0.3, -0.25) is 0 Å². The predicted molar refractivity (Wildman–Crippen MR) is 93.3 cm³/mol. The Balaban J connectivity index is 0.00000441. The van der Waals surface area contributed by atoms with Gasteiger partial charge in [-0.25, -0.2) is 4.99 Å². The molecule has 0 saturated heterocycles. The van der Waals surface area contributed by atoms with Crippen LogP contribution in [0.4, 0.5) is 8.78 Å². The van der Waals surface area contributed by atoms with Crippen molar-refractivity contribution in [3.05, 3.63) is 23.8 Å². The zero-order valence-corrected chi connectivity index (χ0v) is 15.4. The van der Waals surface area contributed by atoms with Gasteiger partial charge in [0.05, 0.1) is 13.7 Å². The van der Waals surface area contributed by atoms with Crippen LogP contribution < -0.4 is 20.5 Å². The number of nitrogens with two attached hydrogens (primary N) is 1. The molecule has 5 nitrogen and oxygen atoms in total. The van der Waals surface area contributed by atoms with Crippen molar-refractivity contribution in [1.29, 1.82) is 0 Å². The maximum absolute atomic E-state index is 12.4. The van der Waals surface area contributed by atoms with Gasteiger partial charge in [0, 0.05) is 11.1 Å². The molecule has 0 aliphatic heterocycles. The second kappa shape index (κ2) is 8.96. The van der Waals surface area contributed by atoms with Gasteiger partial charge in [-0.15, -0.1) is 24.0 Å². The summed E-state index contributed by atoms with van der Waals surface area (Å²) in [6.07, 6.45) is 0. The Morgan fingerprint density at radius 3 is 2.50 bits per heavy atom. The van der Waals surface area contributed by atoms with Gasteiger partial charge in [-0.05, 0) is 39.0 Å². The molecule has 0 amide bonds. The molecule has 1 aromatic carbocycles. The monoisotopic (exact) mass is 429 g/mol. The fourth-order valence-corrected chi connectivity index (χ4v) is 1.61. The van der Waals surface area contributed by atoms with Crippen molar-refractivity contribution in [2.24, 2.45) is 10.7 Å². The van der Waals surface area contributed by atoms with Crippen LogP contribution in [0.5, 0.6) is 11.5 Å². The molecular formula is C14H22F2IN3O2. The highest BCUT2D eigenvalue weighted by molar-refractivity contribution is 14.0. The molecule has 0 heterocycles. The predicted octanol–water partition coefficient (Wildman–Crippen LogP) is 3.12. The molecule has 0 saturated carbocycles. The third-order valence-corrected chi connectivity index (χ3v) is 2.41. The molecule has 0 aliphatic carbocycles. The van der Waals surface area contributed by atoms with E-state index in [1.54, 1.807) is 12.1 Å². The maximum Gasteiger partial charge on any atom is 0.387 e.